The minimum atomic E-state index is 0.0148. The van der Waals surface area contributed by atoms with Crippen molar-refractivity contribution in [1.82, 2.24) is 0 Å². The van der Waals surface area contributed by atoms with Crippen LogP contribution >= 0.6 is 11.8 Å². The number of carbonyl (C=O) groups excluding carboxylic acids is 1. The molecular formula is C31H58O2S. The van der Waals surface area contributed by atoms with Crippen LogP contribution in [0.3, 0.4) is 0 Å². The number of fused-ring (bicyclic) bond motifs is 2. The van der Waals surface area contributed by atoms with Gasteiger partial charge in [-0.2, -0.15) is 11.8 Å². The average molecular weight is 495 g/mol. The molecule has 0 aromatic carbocycles. The lowest BCUT2D eigenvalue weighted by atomic mass is 9.71. The van der Waals surface area contributed by atoms with Gasteiger partial charge in [0.2, 0.25) is 0 Å². The SMILES string of the molecule is CCCCCCCCCCCCCCCCCCOC(=O)CCSC1CC2CCC1(C)C2(C)C. The van der Waals surface area contributed by atoms with Crippen molar-refractivity contribution in [3.63, 3.8) is 0 Å². The second kappa shape index (κ2) is 16.5. The fourth-order valence-corrected chi connectivity index (χ4v) is 8.30. The van der Waals surface area contributed by atoms with Gasteiger partial charge < -0.3 is 4.74 Å². The maximum atomic E-state index is 12.1. The fourth-order valence-electron chi connectivity index (χ4n) is 6.58. The van der Waals surface area contributed by atoms with Gasteiger partial charge in [0.15, 0.2) is 0 Å². The highest BCUT2D eigenvalue weighted by Crippen LogP contribution is 2.68. The van der Waals surface area contributed by atoms with Gasteiger partial charge in [-0.3, -0.25) is 4.79 Å². The minimum absolute atomic E-state index is 0.0148. The molecule has 2 aliphatic carbocycles. The summed E-state index contributed by atoms with van der Waals surface area (Å²) in [5, 5.41) is 0.731. The van der Waals surface area contributed by atoms with Crippen molar-refractivity contribution < 1.29 is 9.53 Å². The van der Waals surface area contributed by atoms with Crippen molar-refractivity contribution in [3.8, 4) is 0 Å². The van der Waals surface area contributed by atoms with E-state index in [1.165, 1.54) is 116 Å². The van der Waals surface area contributed by atoms with Crippen LogP contribution in [0, 0.1) is 16.7 Å². The molecule has 3 heteroatoms. The molecule has 0 spiro atoms. The molecule has 0 aromatic heterocycles. The smallest absolute Gasteiger partial charge is 0.306 e. The lowest BCUT2D eigenvalue weighted by molar-refractivity contribution is -0.143. The van der Waals surface area contributed by atoms with Gasteiger partial charge in [-0.05, 0) is 42.4 Å². The van der Waals surface area contributed by atoms with Crippen LogP contribution in [0.2, 0.25) is 0 Å². The molecule has 0 aliphatic heterocycles. The summed E-state index contributed by atoms with van der Waals surface area (Å²) in [6, 6.07) is 0. The van der Waals surface area contributed by atoms with Crippen molar-refractivity contribution in [2.24, 2.45) is 16.7 Å². The number of thioether (sulfide) groups is 1. The van der Waals surface area contributed by atoms with Gasteiger partial charge in [0, 0.05) is 11.0 Å². The van der Waals surface area contributed by atoms with Crippen molar-refractivity contribution in [2.45, 2.75) is 161 Å². The molecule has 2 rings (SSSR count). The molecule has 2 saturated carbocycles. The molecule has 200 valence electrons. The average Bonchev–Trinajstić information content (AvgIpc) is 3.15. The first-order valence-electron chi connectivity index (χ1n) is 15.2. The molecule has 2 fully saturated rings. The third-order valence-corrected chi connectivity index (χ3v) is 11.2. The van der Waals surface area contributed by atoms with E-state index in [0.717, 1.165) is 23.3 Å². The van der Waals surface area contributed by atoms with Crippen molar-refractivity contribution in [3.05, 3.63) is 0 Å². The maximum absolute atomic E-state index is 12.1. The Morgan fingerprint density at radius 1 is 0.794 bits per heavy atom. The molecule has 0 amide bonds. The van der Waals surface area contributed by atoms with E-state index in [1.54, 1.807) is 0 Å². The Hall–Kier alpha value is -0.180. The van der Waals surface area contributed by atoms with Gasteiger partial charge in [0.05, 0.1) is 13.0 Å². The zero-order chi connectivity index (χ0) is 24.7. The molecule has 0 radical (unpaired) electrons. The molecule has 3 atom stereocenters. The van der Waals surface area contributed by atoms with Crippen LogP contribution in [0.1, 0.15) is 156 Å². The number of carbonyl (C=O) groups is 1. The standard InChI is InChI=1S/C31H58O2S/c1-5-6-7-8-9-10-11-12-13-14-15-16-17-18-19-20-24-33-29(32)22-25-34-28-26-27-21-23-31(28,4)30(27,2)3/h27-28H,5-26H2,1-4H3. The maximum Gasteiger partial charge on any atom is 0.306 e. The van der Waals surface area contributed by atoms with Crippen LogP contribution in [-0.4, -0.2) is 23.6 Å². The number of esters is 1. The second-order valence-electron chi connectivity index (χ2n) is 12.2. The summed E-state index contributed by atoms with van der Waals surface area (Å²) >= 11 is 2.04. The highest BCUT2D eigenvalue weighted by Gasteiger charge is 2.61. The monoisotopic (exact) mass is 494 g/mol. The third-order valence-electron chi connectivity index (χ3n) is 9.60. The van der Waals surface area contributed by atoms with Crippen LogP contribution in [0.5, 0.6) is 0 Å². The summed E-state index contributed by atoms with van der Waals surface area (Å²) in [7, 11) is 0. The molecule has 34 heavy (non-hydrogen) atoms. The highest BCUT2D eigenvalue weighted by molar-refractivity contribution is 7.99. The molecular weight excluding hydrogens is 436 g/mol. The van der Waals surface area contributed by atoms with E-state index in [4.69, 9.17) is 4.74 Å². The van der Waals surface area contributed by atoms with Gasteiger partial charge in [0.25, 0.3) is 0 Å². The molecule has 0 heterocycles. The Kier molecular flexibility index (Phi) is 14.6. The Labute approximate surface area is 217 Å². The Morgan fingerprint density at radius 2 is 1.29 bits per heavy atom. The van der Waals surface area contributed by atoms with E-state index < -0.39 is 0 Å². The lowest BCUT2D eigenvalue weighted by Gasteiger charge is -2.39. The summed E-state index contributed by atoms with van der Waals surface area (Å²) < 4.78 is 5.50. The predicted octanol–water partition coefficient (Wildman–Crippen LogP) is 10.1. The summed E-state index contributed by atoms with van der Waals surface area (Å²) in [6.45, 7) is 10.3. The van der Waals surface area contributed by atoms with Gasteiger partial charge >= 0.3 is 5.97 Å². The van der Waals surface area contributed by atoms with Gasteiger partial charge in [-0.1, -0.05) is 124 Å². The van der Waals surface area contributed by atoms with Crippen LogP contribution in [0.4, 0.5) is 0 Å². The Balaban J connectivity index is 1.31. The third kappa shape index (κ3) is 9.70. The zero-order valence-electron chi connectivity index (χ0n) is 23.4. The van der Waals surface area contributed by atoms with E-state index in [0.29, 0.717) is 23.9 Å². The predicted molar refractivity (Wildman–Crippen MR) is 151 cm³/mol. The molecule has 2 nitrogen and oxygen atoms in total. The second-order valence-corrected chi connectivity index (χ2v) is 13.6. The summed E-state index contributed by atoms with van der Waals surface area (Å²) in [4.78, 5) is 12.1. The van der Waals surface area contributed by atoms with E-state index in [1.807, 2.05) is 11.8 Å². The van der Waals surface area contributed by atoms with E-state index in [9.17, 15) is 4.79 Å². The summed E-state index contributed by atoms with van der Waals surface area (Å²) in [5.74, 6) is 1.83. The van der Waals surface area contributed by atoms with E-state index >= 15 is 0 Å². The van der Waals surface area contributed by atoms with E-state index in [2.05, 4.69) is 27.7 Å². The lowest BCUT2D eigenvalue weighted by Crippen LogP contribution is -2.34. The Bertz CT molecular complexity index is 546. The fraction of sp³-hybridized carbons (Fsp3) is 0.968. The first-order valence-corrected chi connectivity index (χ1v) is 16.2. The number of hydrogen-bond donors (Lipinski definition) is 0. The van der Waals surface area contributed by atoms with Gasteiger partial charge in [0.1, 0.15) is 0 Å². The van der Waals surface area contributed by atoms with Crippen LogP contribution in [0.25, 0.3) is 0 Å². The molecule has 2 aliphatic rings. The number of unbranched alkanes of at least 4 members (excludes halogenated alkanes) is 15. The molecule has 3 unspecified atom stereocenters. The number of rotatable bonds is 21. The largest absolute Gasteiger partial charge is 0.466 e. The van der Waals surface area contributed by atoms with Crippen LogP contribution in [0.15, 0.2) is 0 Å². The van der Waals surface area contributed by atoms with Gasteiger partial charge in [-0.25, -0.2) is 0 Å². The van der Waals surface area contributed by atoms with Crippen molar-refractivity contribution in [1.29, 1.82) is 0 Å². The number of hydrogen-bond acceptors (Lipinski definition) is 3. The normalized spacial score (nSPS) is 25.2. The summed E-state index contributed by atoms with van der Waals surface area (Å²) in [5.41, 5.74) is 0.929. The first kappa shape index (κ1) is 30.0. The van der Waals surface area contributed by atoms with Crippen LogP contribution < -0.4 is 0 Å². The summed E-state index contributed by atoms with van der Waals surface area (Å²) in [6.07, 6.45) is 26.7. The minimum Gasteiger partial charge on any atom is -0.466 e. The highest BCUT2D eigenvalue weighted by atomic mass is 32.2. The van der Waals surface area contributed by atoms with E-state index in [-0.39, 0.29) is 5.97 Å². The zero-order valence-corrected chi connectivity index (χ0v) is 24.3. The van der Waals surface area contributed by atoms with Gasteiger partial charge in [-0.15, -0.1) is 0 Å². The number of ether oxygens (including phenoxy) is 1. The molecule has 0 aromatic rings. The molecule has 2 bridgehead atoms. The quantitative estimate of drug-likeness (QED) is 0.117. The van der Waals surface area contributed by atoms with Crippen molar-refractivity contribution in [2.75, 3.05) is 12.4 Å². The first-order chi connectivity index (χ1) is 16.4. The Morgan fingerprint density at radius 3 is 1.74 bits per heavy atom. The van der Waals surface area contributed by atoms with Crippen LogP contribution in [-0.2, 0) is 9.53 Å². The topological polar surface area (TPSA) is 26.3 Å². The van der Waals surface area contributed by atoms with Crippen molar-refractivity contribution >= 4 is 17.7 Å². The molecule has 0 saturated heterocycles. The molecule has 0 N–H and O–H groups in total.